The summed E-state index contributed by atoms with van der Waals surface area (Å²) in [4.78, 5) is 12.0. The van der Waals surface area contributed by atoms with Gasteiger partial charge in [-0.25, -0.2) is 8.42 Å². The second-order valence-electron chi connectivity index (χ2n) is 4.15. The Kier molecular flexibility index (Phi) is 5.98. The predicted octanol–water partition coefficient (Wildman–Crippen LogP) is 0.982. The molecule has 0 spiro atoms. The first-order valence-corrected chi connectivity index (χ1v) is 7.89. The fourth-order valence-corrected chi connectivity index (χ4v) is 3.22. The monoisotopic (exact) mass is 285 g/mol. The Morgan fingerprint density at radius 1 is 1.32 bits per heavy atom. The summed E-state index contributed by atoms with van der Waals surface area (Å²) in [6, 6.07) is 6.18. The highest BCUT2D eigenvalue weighted by Gasteiger charge is 2.20. The van der Waals surface area contributed by atoms with Crippen LogP contribution in [0.25, 0.3) is 0 Å². The fourth-order valence-electron chi connectivity index (χ4n) is 1.68. The minimum atomic E-state index is -3.43. The fraction of sp³-hybridized carbons (Fsp3) is 0.462. The summed E-state index contributed by atoms with van der Waals surface area (Å²) < 4.78 is 24.1. The maximum absolute atomic E-state index is 12.1. The topological polar surface area (TPSA) is 83.5 Å². The summed E-state index contributed by atoms with van der Waals surface area (Å²) in [6.45, 7) is 2.08. The number of aliphatic hydroxyl groups excluding tert-OH is 1. The van der Waals surface area contributed by atoms with E-state index in [4.69, 9.17) is 5.11 Å². The zero-order valence-corrected chi connectivity index (χ0v) is 11.7. The van der Waals surface area contributed by atoms with Crippen LogP contribution < -0.4 is 5.32 Å². The lowest BCUT2D eigenvalue weighted by Gasteiger charge is -2.10. The number of carbonyl (C=O) groups is 1. The Hall–Kier alpha value is -1.40. The van der Waals surface area contributed by atoms with Crippen LogP contribution in [0.5, 0.6) is 0 Å². The van der Waals surface area contributed by atoms with Crippen molar-refractivity contribution in [3.63, 3.8) is 0 Å². The number of sulfone groups is 1. The van der Waals surface area contributed by atoms with Crippen molar-refractivity contribution in [2.75, 3.05) is 18.9 Å². The molecule has 0 atom stereocenters. The molecule has 5 nitrogen and oxygen atoms in total. The van der Waals surface area contributed by atoms with Crippen LogP contribution in [0, 0.1) is 0 Å². The van der Waals surface area contributed by atoms with E-state index < -0.39 is 15.7 Å². The van der Waals surface area contributed by atoms with Crippen LogP contribution in [0.3, 0.4) is 0 Å². The molecule has 0 aliphatic heterocycles. The molecule has 0 aliphatic carbocycles. The van der Waals surface area contributed by atoms with Crippen molar-refractivity contribution in [3.8, 4) is 0 Å². The van der Waals surface area contributed by atoms with E-state index in [2.05, 4.69) is 5.32 Å². The number of hydrogen-bond acceptors (Lipinski definition) is 4. The van der Waals surface area contributed by atoms with Crippen LogP contribution in [0.15, 0.2) is 29.2 Å². The summed E-state index contributed by atoms with van der Waals surface area (Å²) >= 11 is 0. The maximum atomic E-state index is 12.1. The normalized spacial score (nSPS) is 11.3. The number of rotatable bonds is 7. The third-order valence-corrected chi connectivity index (χ3v) is 4.53. The van der Waals surface area contributed by atoms with Crippen LogP contribution in [-0.2, 0) is 9.84 Å². The Morgan fingerprint density at radius 2 is 2.00 bits per heavy atom. The summed E-state index contributed by atoms with van der Waals surface area (Å²) in [5, 5.41) is 11.2. The number of amides is 1. The summed E-state index contributed by atoms with van der Waals surface area (Å²) in [5.74, 6) is -0.405. The van der Waals surface area contributed by atoms with Crippen molar-refractivity contribution in [2.24, 2.45) is 0 Å². The number of aliphatic hydroxyl groups is 1. The van der Waals surface area contributed by atoms with Crippen molar-refractivity contribution in [2.45, 2.75) is 24.7 Å². The Morgan fingerprint density at radius 3 is 2.63 bits per heavy atom. The quantitative estimate of drug-likeness (QED) is 0.732. The first kappa shape index (κ1) is 15.7. The van der Waals surface area contributed by atoms with Gasteiger partial charge in [0.1, 0.15) is 0 Å². The second kappa shape index (κ2) is 7.25. The molecule has 0 radical (unpaired) electrons. The van der Waals surface area contributed by atoms with E-state index in [-0.39, 0.29) is 22.8 Å². The van der Waals surface area contributed by atoms with Gasteiger partial charge in [-0.15, -0.1) is 0 Å². The van der Waals surface area contributed by atoms with E-state index in [1.54, 1.807) is 19.1 Å². The number of nitrogens with one attached hydrogen (secondary N) is 1. The van der Waals surface area contributed by atoms with E-state index >= 15 is 0 Å². The molecule has 0 fully saturated rings. The molecule has 1 aromatic rings. The minimum Gasteiger partial charge on any atom is -0.396 e. The molecule has 0 heterocycles. The summed E-state index contributed by atoms with van der Waals surface area (Å²) in [7, 11) is -3.43. The highest BCUT2D eigenvalue weighted by molar-refractivity contribution is 7.91. The number of benzene rings is 1. The van der Waals surface area contributed by atoms with Gasteiger partial charge in [-0.3, -0.25) is 4.79 Å². The van der Waals surface area contributed by atoms with Gasteiger partial charge in [0.15, 0.2) is 9.84 Å². The highest BCUT2D eigenvalue weighted by Crippen LogP contribution is 2.17. The maximum Gasteiger partial charge on any atom is 0.252 e. The van der Waals surface area contributed by atoms with Crippen molar-refractivity contribution in [1.29, 1.82) is 0 Å². The molecule has 0 unspecified atom stereocenters. The zero-order valence-electron chi connectivity index (χ0n) is 10.9. The average Bonchev–Trinajstić information content (AvgIpc) is 2.39. The Bertz CT molecular complexity index is 525. The van der Waals surface area contributed by atoms with Gasteiger partial charge in [-0.1, -0.05) is 19.1 Å². The molecule has 1 amide bonds. The van der Waals surface area contributed by atoms with Crippen LogP contribution in [0.1, 0.15) is 30.1 Å². The van der Waals surface area contributed by atoms with E-state index in [0.29, 0.717) is 19.4 Å². The molecule has 0 aliphatic rings. The smallest absolute Gasteiger partial charge is 0.252 e. The molecule has 6 heteroatoms. The first-order valence-electron chi connectivity index (χ1n) is 6.23. The summed E-state index contributed by atoms with van der Waals surface area (Å²) in [5.41, 5.74) is 0.161. The van der Waals surface area contributed by atoms with Crippen molar-refractivity contribution < 1.29 is 18.3 Å². The molecule has 0 saturated heterocycles. The molecule has 1 aromatic carbocycles. The van der Waals surface area contributed by atoms with E-state index in [1.807, 2.05) is 0 Å². The predicted molar refractivity (Wildman–Crippen MR) is 72.8 cm³/mol. The van der Waals surface area contributed by atoms with Crippen molar-refractivity contribution >= 4 is 15.7 Å². The van der Waals surface area contributed by atoms with Gasteiger partial charge in [0.25, 0.3) is 5.91 Å². The number of carbonyl (C=O) groups excluding carboxylic acids is 1. The van der Waals surface area contributed by atoms with Gasteiger partial charge < -0.3 is 10.4 Å². The van der Waals surface area contributed by atoms with Gasteiger partial charge in [0.05, 0.1) is 16.2 Å². The first-order chi connectivity index (χ1) is 9.03. The zero-order chi connectivity index (χ0) is 14.3. The summed E-state index contributed by atoms with van der Waals surface area (Å²) in [6.07, 6.45) is 0.943. The molecule has 0 saturated carbocycles. The van der Waals surface area contributed by atoms with Crippen molar-refractivity contribution in [1.82, 2.24) is 5.32 Å². The third kappa shape index (κ3) is 4.33. The number of hydrogen-bond donors (Lipinski definition) is 2. The van der Waals surface area contributed by atoms with Gasteiger partial charge in [-0.05, 0) is 25.0 Å². The third-order valence-electron chi connectivity index (χ3n) is 2.56. The van der Waals surface area contributed by atoms with Crippen LogP contribution in [-0.4, -0.2) is 38.3 Å². The lowest BCUT2D eigenvalue weighted by atomic mass is 10.2. The van der Waals surface area contributed by atoms with E-state index in [9.17, 15) is 13.2 Å². The van der Waals surface area contributed by atoms with Gasteiger partial charge >= 0.3 is 0 Å². The Labute approximate surface area is 113 Å². The van der Waals surface area contributed by atoms with Gasteiger partial charge in [-0.2, -0.15) is 0 Å². The molecule has 1 rings (SSSR count). The van der Waals surface area contributed by atoms with Crippen molar-refractivity contribution in [3.05, 3.63) is 29.8 Å². The van der Waals surface area contributed by atoms with Crippen LogP contribution in [0.2, 0.25) is 0 Å². The minimum absolute atomic E-state index is 0.0178. The molecule has 106 valence electrons. The molecular weight excluding hydrogens is 266 g/mol. The van der Waals surface area contributed by atoms with Gasteiger partial charge in [0.2, 0.25) is 0 Å². The van der Waals surface area contributed by atoms with Crippen LogP contribution in [0.4, 0.5) is 0 Å². The standard InChI is InChI=1S/C13H19NO4S/c1-2-10-19(17,18)12-7-4-3-6-11(12)13(16)14-8-5-9-15/h3-4,6-7,15H,2,5,8-10H2,1H3,(H,14,16). The lowest BCUT2D eigenvalue weighted by Crippen LogP contribution is -2.27. The molecule has 19 heavy (non-hydrogen) atoms. The molecule has 2 N–H and O–H groups in total. The lowest BCUT2D eigenvalue weighted by molar-refractivity contribution is 0.0948. The Balaban J connectivity index is 2.99. The highest BCUT2D eigenvalue weighted by atomic mass is 32.2. The molecular formula is C13H19NO4S. The molecule has 0 bridgehead atoms. The molecule has 0 aromatic heterocycles. The van der Waals surface area contributed by atoms with E-state index in [1.165, 1.54) is 12.1 Å². The average molecular weight is 285 g/mol. The largest absolute Gasteiger partial charge is 0.396 e. The second-order valence-corrected chi connectivity index (χ2v) is 6.23. The van der Waals surface area contributed by atoms with E-state index in [0.717, 1.165) is 0 Å². The van der Waals surface area contributed by atoms with Crippen LogP contribution >= 0.6 is 0 Å². The van der Waals surface area contributed by atoms with Gasteiger partial charge in [0, 0.05) is 13.2 Å². The SMILES string of the molecule is CCCS(=O)(=O)c1ccccc1C(=O)NCCCO.